The largest absolute Gasteiger partial charge is 0.338 e. The highest BCUT2D eigenvalue weighted by atomic mass is 32.1. The first-order chi connectivity index (χ1) is 10.7. The zero-order valence-electron chi connectivity index (χ0n) is 12.8. The van der Waals surface area contributed by atoms with Gasteiger partial charge in [-0.25, -0.2) is 9.78 Å². The van der Waals surface area contributed by atoms with Gasteiger partial charge in [-0.15, -0.1) is 11.3 Å². The van der Waals surface area contributed by atoms with E-state index >= 15 is 0 Å². The van der Waals surface area contributed by atoms with Crippen LogP contribution in [0.1, 0.15) is 18.4 Å². The highest BCUT2D eigenvalue weighted by Gasteiger charge is 2.21. The van der Waals surface area contributed by atoms with Crippen molar-refractivity contribution in [2.75, 3.05) is 26.2 Å². The summed E-state index contributed by atoms with van der Waals surface area (Å²) in [6.07, 6.45) is 1.17. The van der Waals surface area contributed by atoms with Crippen LogP contribution in [0.3, 0.4) is 0 Å². The third kappa shape index (κ3) is 3.75. The van der Waals surface area contributed by atoms with E-state index < -0.39 is 0 Å². The molecule has 22 heavy (non-hydrogen) atoms. The van der Waals surface area contributed by atoms with Gasteiger partial charge in [0.1, 0.15) is 5.01 Å². The van der Waals surface area contributed by atoms with E-state index in [-0.39, 0.29) is 6.03 Å². The van der Waals surface area contributed by atoms with E-state index in [9.17, 15) is 4.79 Å². The molecule has 1 aliphatic rings. The second-order valence-electron chi connectivity index (χ2n) is 5.69. The molecule has 2 amide bonds. The molecule has 0 radical (unpaired) electrons. The highest BCUT2D eigenvalue weighted by Crippen LogP contribution is 2.21. The normalized spacial score (nSPS) is 18.7. The molecule has 0 saturated carbocycles. The molecule has 2 aromatic rings. The van der Waals surface area contributed by atoms with Gasteiger partial charge in [-0.3, -0.25) is 0 Å². The Balaban J connectivity index is 1.42. The Kier molecular flexibility index (Phi) is 4.90. The van der Waals surface area contributed by atoms with Crippen molar-refractivity contribution in [2.24, 2.45) is 5.92 Å². The predicted molar refractivity (Wildman–Crippen MR) is 90.1 cm³/mol. The topological polar surface area (TPSA) is 57.3 Å². The van der Waals surface area contributed by atoms with Crippen molar-refractivity contribution in [2.45, 2.75) is 19.9 Å². The lowest BCUT2D eigenvalue weighted by Gasteiger charge is -2.13. The number of amides is 2. The van der Waals surface area contributed by atoms with Crippen molar-refractivity contribution in [1.29, 1.82) is 0 Å². The maximum Gasteiger partial charge on any atom is 0.315 e. The summed E-state index contributed by atoms with van der Waals surface area (Å²) >= 11 is 1.63. The van der Waals surface area contributed by atoms with E-state index in [1.807, 2.05) is 18.2 Å². The number of rotatable bonds is 5. The molecule has 2 heterocycles. The number of thiazole rings is 1. The molecule has 0 bridgehead atoms. The van der Waals surface area contributed by atoms with Crippen molar-refractivity contribution in [1.82, 2.24) is 20.5 Å². The third-order valence-corrected chi connectivity index (χ3v) is 5.14. The Morgan fingerprint density at radius 2 is 2.27 bits per heavy atom. The minimum Gasteiger partial charge on any atom is -0.338 e. The average Bonchev–Trinajstić information content (AvgIpc) is 3.16. The predicted octanol–water partition coefficient (Wildman–Crippen LogP) is 2.44. The summed E-state index contributed by atoms with van der Waals surface area (Å²) in [6.45, 7) is 6.75. The van der Waals surface area contributed by atoms with Crippen LogP contribution in [0.25, 0.3) is 10.2 Å². The van der Waals surface area contributed by atoms with Gasteiger partial charge in [-0.05, 0) is 37.6 Å². The first kappa shape index (κ1) is 15.2. The number of likely N-dealkylation sites (tertiary alicyclic amines) is 1. The molecule has 3 rings (SSSR count). The lowest BCUT2D eigenvalue weighted by atomic mass is 10.1. The summed E-state index contributed by atoms with van der Waals surface area (Å²) in [5.74, 6) is 0.577. The number of para-hydroxylation sites is 1. The van der Waals surface area contributed by atoms with Crippen molar-refractivity contribution in [3.8, 4) is 0 Å². The second-order valence-corrected chi connectivity index (χ2v) is 6.80. The van der Waals surface area contributed by atoms with Crippen molar-refractivity contribution in [3.63, 3.8) is 0 Å². The molecule has 5 nitrogen and oxygen atoms in total. The lowest BCUT2D eigenvalue weighted by molar-refractivity contribution is 0.238. The molecule has 1 aromatic carbocycles. The fourth-order valence-electron chi connectivity index (χ4n) is 2.82. The van der Waals surface area contributed by atoms with Gasteiger partial charge in [0.2, 0.25) is 0 Å². The van der Waals surface area contributed by atoms with E-state index in [1.54, 1.807) is 11.3 Å². The Bertz CT molecular complexity index is 609. The number of nitrogens with one attached hydrogen (secondary N) is 2. The van der Waals surface area contributed by atoms with Crippen molar-refractivity contribution >= 4 is 27.6 Å². The molecule has 0 unspecified atom stereocenters. The SMILES string of the molecule is CCN1CC[C@@H](CNC(=O)NCc2nc3ccccc3s2)C1. The number of carbonyl (C=O) groups excluding carboxylic acids is 1. The minimum absolute atomic E-state index is 0.103. The Morgan fingerprint density at radius 3 is 3.05 bits per heavy atom. The van der Waals surface area contributed by atoms with Crippen molar-refractivity contribution < 1.29 is 4.79 Å². The maximum atomic E-state index is 11.9. The van der Waals surface area contributed by atoms with Gasteiger partial charge in [-0.2, -0.15) is 0 Å². The first-order valence-electron chi connectivity index (χ1n) is 7.83. The fraction of sp³-hybridized carbons (Fsp3) is 0.500. The Labute approximate surface area is 134 Å². The summed E-state index contributed by atoms with van der Waals surface area (Å²) in [7, 11) is 0. The molecule has 1 fully saturated rings. The van der Waals surface area contributed by atoms with Crippen LogP contribution in [0.15, 0.2) is 24.3 Å². The molecule has 1 atom stereocenters. The number of benzene rings is 1. The van der Waals surface area contributed by atoms with E-state index in [0.29, 0.717) is 12.5 Å². The van der Waals surface area contributed by atoms with E-state index in [0.717, 1.165) is 41.4 Å². The second kappa shape index (κ2) is 7.07. The Hall–Kier alpha value is -1.66. The molecule has 0 spiro atoms. The van der Waals surface area contributed by atoms with Gasteiger partial charge in [-0.1, -0.05) is 19.1 Å². The van der Waals surface area contributed by atoms with Gasteiger partial charge < -0.3 is 15.5 Å². The van der Waals surface area contributed by atoms with E-state index in [4.69, 9.17) is 0 Å². The zero-order valence-corrected chi connectivity index (χ0v) is 13.7. The summed E-state index contributed by atoms with van der Waals surface area (Å²) in [5, 5.41) is 6.81. The molecule has 6 heteroatoms. The van der Waals surface area contributed by atoms with Crippen LogP contribution in [0.2, 0.25) is 0 Å². The zero-order chi connectivity index (χ0) is 15.4. The lowest BCUT2D eigenvalue weighted by Crippen LogP contribution is -2.38. The molecular formula is C16H22N4OS. The maximum absolute atomic E-state index is 11.9. The first-order valence-corrected chi connectivity index (χ1v) is 8.64. The summed E-state index contributed by atoms with van der Waals surface area (Å²) in [4.78, 5) is 18.8. The Morgan fingerprint density at radius 1 is 1.41 bits per heavy atom. The molecule has 2 N–H and O–H groups in total. The standard InChI is InChI=1S/C16H22N4OS/c1-2-20-8-7-12(11-20)9-17-16(21)18-10-15-19-13-5-3-4-6-14(13)22-15/h3-6,12H,2,7-11H2,1H3,(H2,17,18,21)/t12-/m0/s1. The molecule has 1 aromatic heterocycles. The van der Waals surface area contributed by atoms with Gasteiger partial charge in [0.25, 0.3) is 0 Å². The number of fused-ring (bicyclic) bond motifs is 1. The molecule has 1 saturated heterocycles. The van der Waals surface area contributed by atoms with Crippen LogP contribution in [0.4, 0.5) is 4.79 Å². The molecule has 118 valence electrons. The number of nitrogens with zero attached hydrogens (tertiary/aromatic N) is 2. The monoisotopic (exact) mass is 318 g/mol. The van der Waals surface area contributed by atoms with Crippen LogP contribution >= 0.6 is 11.3 Å². The van der Waals surface area contributed by atoms with E-state index in [2.05, 4.69) is 33.5 Å². The molecule has 1 aliphatic heterocycles. The summed E-state index contributed by atoms with van der Waals surface area (Å²) in [5.41, 5.74) is 0.996. The van der Waals surface area contributed by atoms with Crippen LogP contribution < -0.4 is 10.6 Å². The van der Waals surface area contributed by atoms with Crippen LogP contribution in [0, 0.1) is 5.92 Å². The van der Waals surface area contributed by atoms with Crippen LogP contribution in [-0.2, 0) is 6.54 Å². The summed E-state index contributed by atoms with van der Waals surface area (Å²) < 4.78 is 1.16. The van der Waals surface area contributed by atoms with Crippen molar-refractivity contribution in [3.05, 3.63) is 29.3 Å². The van der Waals surface area contributed by atoms with Crippen LogP contribution in [-0.4, -0.2) is 42.1 Å². The van der Waals surface area contributed by atoms with Gasteiger partial charge in [0, 0.05) is 13.1 Å². The quantitative estimate of drug-likeness (QED) is 0.890. The summed E-state index contributed by atoms with van der Waals surface area (Å²) in [6, 6.07) is 7.93. The number of aromatic nitrogens is 1. The highest BCUT2D eigenvalue weighted by molar-refractivity contribution is 7.18. The molecular weight excluding hydrogens is 296 g/mol. The number of hydrogen-bond acceptors (Lipinski definition) is 4. The van der Waals surface area contributed by atoms with Gasteiger partial charge >= 0.3 is 6.03 Å². The number of carbonyl (C=O) groups is 1. The fourth-order valence-corrected chi connectivity index (χ4v) is 3.72. The van der Waals surface area contributed by atoms with E-state index in [1.165, 1.54) is 6.42 Å². The van der Waals surface area contributed by atoms with Crippen LogP contribution in [0.5, 0.6) is 0 Å². The number of urea groups is 1. The van der Waals surface area contributed by atoms with Gasteiger partial charge in [0.05, 0.1) is 16.8 Å². The number of hydrogen-bond donors (Lipinski definition) is 2. The average molecular weight is 318 g/mol. The van der Waals surface area contributed by atoms with Gasteiger partial charge in [0.15, 0.2) is 0 Å². The smallest absolute Gasteiger partial charge is 0.315 e. The third-order valence-electron chi connectivity index (χ3n) is 4.11. The molecule has 0 aliphatic carbocycles. The minimum atomic E-state index is -0.103.